The van der Waals surface area contributed by atoms with Crippen LogP contribution in [-0.4, -0.2) is 28.0 Å². The summed E-state index contributed by atoms with van der Waals surface area (Å²) in [6, 6.07) is 8.70. The average Bonchev–Trinajstić information content (AvgIpc) is 3.51. The van der Waals surface area contributed by atoms with Crippen molar-refractivity contribution in [1.82, 2.24) is 4.72 Å². The number of hydrogen-bond donors (Lipinski definition) is 1. The molecule has 0 unspecified atom stereocenters. The Bertz CT molecular complexity index is 1150. The van der Waals surface area contributed by atoms with Crippen LogP contribution in [0, 0.1) is 12.8 Å². The molecule has 1 fully saturated rings. The number of anilines is 1. The van der Waals surface area contributed by atoms with Gasteiger partial charge in [0.15, 0.2) is 0 Å². The van der Waals surface area contributed by atoms with Gasteiger partial charge in [-0.05, 0) is 91.6 Å². The number of methoxy groups -OCH3 is 1. The number of amides is 1. The lowest BCUT2D eigenvalue weighted by Crippen LogP contribution is -2.30. The second-order valence-corrected chi connectivity index (χ2v) is 11.0. The molecule has 2 aromatic carbocycles. The van der Waals surface area contributed by atoms with E-state index < -0.39 is 16.1 Å². The Kier molecular flexibility index (Phi) is 6.07. The number of carbonyl (C=O) groups excluding carboxylic acids is 1. The summed E-state index contributed by atoms with van der Waals surface area (Å²) in [6.07, 6.45) is 2.60. The number of aryl methyl sites for hydroxylation is 1. The smallest absolute Gasteiger partial charge is 0.241 e. The maximum atomic E-state index is 13.2. The summed E-state index contributed by atoms with van der Waals surface area (Å²) in [5.74, 6) is 1.39. The Morgan fingerprint density at radius 1 is 1.12 bits per heavy atom. The normalized spacial score (nSPS) is 16.9. The van der Waals surface area contributed by atoms with Crippen LogP contribution in [0.1, 0.15) is 67.8 Å². The number of nitrogens with zero attached hydrogens (tertiary/aromatic N) is 1. The maximum Gasteiger partial charge on any atom is 0.241 e. The molecule has 7 heteroatoms. The van der Waals surface area contributed by atoms with E-state index in [4.69, 9.17) is 4.74 Å². The highest BCUT2D eigenvalue weighted by Crippen LogP contribution is 2.37. The number of fused-ring (bicyclic) bond motifs is 1. The lowest BCUT2D eigenvalue weighted by molar-refractivity contribution is -0.119. The molecule has 0 spiro atoms. The van der Waals surface area contributed by atoms with Gasteiger partial charge in [-0.1, -0.05) is 13.8 Å². The van der Waals surface area contributed by atoms with Crippen LogP contribution in [0.25, 0.3) is 0 Å². The predicted molar refractivity (Wildman–Crippen MR) is 126 cm³/mol. The number of carbonyl (C=O) groups is 1. The van der Waals surface area contributed by atoms with Crippen molar-refractivity contribution in [1.29, 1.82) is 0 Å². The Morgan fingerprint density at radius 3 is 2.47 bits per heavy atom. The van der Waals surface area contributed by atoms with Crippen LogP contribution in [-0.2, 0) is 21.2 Å². The summed E-state index contributed by atoms with van der Waals surface area (Å²) in [5.41, 5.74) is 4.72. The lowest BCUT2D eigenvalue weighted by Gasteiger charge is -2.21. The molecule has 1 amide bonds. The predicted octanol–water partition coefficient (Wildman–Crippen LogP) is 4.47. The molecular weight excluding hydrogens is 424 g/mol. The number of ether oxygens (including phenoxy) is 1. The van der Waals surface area contributed by atoms with Crippen LogP contribution >= 0.6 is 0 Å². The Balaban J connectivity index is 1.57. The van der Waals surface area contributed by atoms with Crippen molar-refractivity contribution in [2.75, 3.05) is 18.6 Å². The van der Waals surface area contributed by atoms with Crippen molar-refractivity contribution in [3.63, 3.8) is 0 Å². The minimum absolute atomic E-state index is 0.148. The molecule has 32 heavy (non-hydrogen) atoms. The van der Waals surface area contributed by atoms with E-state index in [0.717, 1.165) is 46.5 Å². The number of rotatable bonds is 7. The van der Waals surface area contributed by atoms with Crippen LogP contribution < -0.4 is 14.4 Å². The Hall–Kier alpha value is -2.38. The number of hydrogen-bond acceptors (Lipinski definition) is 4. The van der Waals surface area contributed by atoms with Crippen LogP contribution in [0.4, 0.5) is 5.69 Å². The van der Waals surface area contributed by atoms with E-state index in [1.54, 1.807) is 25.3 Å². The monoisotopic (exact) mass is 456 g/mol. The van der Waals surface area contributed by atoms with Gasteiger partial charge < -0.3 is 9.64 Å². The minimum Gasteiger partial charge on any atom is -0.496 e. The van der Waals surface area contributed by atoms with Crippen LogP contribution in [0.5, 0.6) is 5.75 Å². The van der Waals surface area contributed by atoms with E-state index in [1.807, 2.05) is 30.9 Å². The highest BCUT2D eigenvalue weighted by molar-refractivity contribution is 7.89. The van der Waals surface area contributed by atoms with Gasteiger partial charge in [-0.3, -0.25) is 4.79 Å². The van der Waals surface area contributed by atoms with Crippen LogP contribution in [0.15, 0.2) is 35.2 Å². The van der Waals surface area contributed by atoms with Crippen LogP contribution in [0.2, 0.25) is 0 Å². The van der Waals surface area contributed by atoms with Gasteiger partial charge in [-0.2, -0.15) is 0 Å². The molecule has 0 radical (unpaired) electrons. The third-order valence-electron chi connectivity index (χ3n) is 6.49. The molecule has 172 valence electrons. The van der Waals surface area contributed by atoms with E-state index in [1.165, 1.54) is 0 Å². The molecule has 1 N–H and O–H groups in total. The fraction of sp³-hybridized carbons (Fsp3) is 0.480. The highest BCUT2D eigenvalue weighted by atomic mass is 32.2. The third-order valence-corrected chi connectivity index (χ3v) is 8.03. The van der Waals surface area contributed by atoms with Crippen LogP contribution in [0.3, 0.4) is 0 Å². The van der Waals surface area contributed by atoms with Gasteiger partial charge in [0, 0.05) is 24.2 Å². The van der Waals surface area contributed by atoms with E-state index in [0.29, 0.717) is 13.0 Å². The van der Waals surface area contributed by atoms with Gasteiger partial charge in [0.2, 0.25) is 15.9 Å². The fourth-order valence-electron chi connectivity index (χ4n) is 4.50. The van der Waals surface area contributed by atoms with Crippen molar-refractivity contribution >= 4 is 21.6 Å². The fourth-order valence-corrected chi connectivity index (χ4v) is 5.77. The molecule has 2 aliphatic rings. The zero-order chi connectivity index (χ0) is 23.2. The van der Waals surface area contributed by atoms with Gasteiger partial charge in [-0.25, -0.2) is 13.1 Å². The average molecular weight is 457 g/mol. The van der Waals surface area contributed by atoms with E-state index in [-0.39, 0.29) is 22.6 Å². The second kappa shape index (κ2) is 8.52. The van der Waals surface area contributed by atoms with Crippen molar-refractivity contribution < 1.29 is 17.9 Å². The van der Waals surface area contributed by atoms with Gasteiger partial charge in [0.05, 0.1) is 12.0 Å². The quantitative estimate of drug-likeness (QED) is 0.667. The lowest BCUT2D eigenvalue weighted by atomic mass is 9.94. The molecule has 1 atom stereocenters. The first kappa shape index (κ1) is 22.8. The van der Waals surface area contributed by atoms with Gasteiger partial charge in [0.25, 0.3) is 0 Å². The molecule has 2 aromatic rings. The van der Waals surface area contributed by atoms with Crippen molar-refractivity contribution in [3.8, 4) is 5.75 Å². The van der Waals surface area contributed by atoms with Crippen molar-refractivity contribution in [2.45, 2.75) is 63.8 Å². The molecule has 6 nitrogen and oxygen atoms in total. The largest absolute Gasteiger partial charge is 0.496 e. The zero-order valence-electron chi connectivity index (χ0n) is 19.4. The maximum absolute atomic E-state index is 13.2. The SMILES string of the molecule is COc1cc(C)c([C@@H](C)NS(=O)(=O)c2ccc3c(c2)CCN3C(=O)C2CC2)cc1C(C)C. The van der Waals surface area contributed by atoms with E-state index in [9.17, 15) is 13.2 Å². The number of sulfonamides is 1. The molecule has 1 saturated carbocycles. The summed E-state index contributed by atoms with van der Waals surface area (Å²) in [6.45, 7) is 8.63. The minimum atomic E-state index is -3.72. The van der Waals surface area contributed by atoms with E-state index >= 15 is 0 Å². The summed E-state index contributed by atoms with van der Waals surface area (Å²) >= 11 is 0. The molecule has 0 saturated heterocycles. The molecule has 0 bridgehead atoms. The first-order valence-corrected chi connectivity index (χ1v) is 12.8. The molecule has 4 rings (SSSR count). The summed E-state index contributed by atoms with van der Waals surface area (Å²) < 4.78 is 34.7. The summed E-state index contributed by atoms with van der Waals surface area (Å²) in [4.78, 5) is 14.5. The molecule has 1 aliphatic carbocycles. The van der Waals surface area contributed by atoms with Crippen molar-refractivity contribution in [2.24, 2.45) is 5.92 Å². The molecular formula is C25H32N2O4S. The molecule has 0 aromatic heterocycles. The van der Waals surface area contributed by atoms with Gasteiger partial charge in [-0.15, -0.1) is 0 Å². The van der Waals surface area contributed by atoms with Gasteiger partial charge >= 0.3 is 0 Å². The molecule has 1 heterocycles. The molecule has 1 aliphatic heterocycles. The zero-order valence-corrected chi connectivity index (χ0v) is 20.3. The topological polar surface area (TPSA) is 75.7 Å². The number of benzene rings is 2. The highest BCUT2D eigenvalue weighted by Gasteiger charge is 2.36. The summed E-state index contributed by atoms with van der Waals surface area (Å²) in [5, 5.41) is 0. The van der Waals surface area contributed by atoms with Gasteiger partial charge in [0.1, 0.15) is 5.75 Å². The first-order valence-electron chi connectivity index (χ1n) is 11.3. The summed E-state index contributed by atoms with van der Waals surface area (Å²) in [7, 11) is -2.07. The second-order valence-electron chi connectivity index (χ2n) is 9.25. The number of nitrogens with one attached hydrogen (secondary N) is 1. The Morgan fingerprint density at radius 2 is 1.84 bits per heavy atom. The van der Waals surface area contributed by atoms with E-state index in [2.05, 4.69) is 18.6 Å². The Labute approximate surface area is 191 Å². The first-order chi connectivity index (χ1) is 15.1. The van der Waals surface area contributed by atoms with Crippen molar-refractivity contribution in [3.05, 3.63) is 52.6 Å². The standard InChI is InChI=1S/C25H32N2O4S/c1-15(2)21-14-22(16(3)12-24(21)31-5)17(4)26-32(29,30)20-8-9-23-19(13-20)10-11-27(23)25(28)18-6-7-18/h8-9,12-15,17-18,26H,6-7,10-11H2,1-5H3/t17-/m1/s1. The third kappa shape index (κ3) is 4.28.